The quantitative estimate of drug-likeness (QED) is 0.636. The fourth-order valence-electron chi connectivity index (χ4n) is 3.63. The molecule has 0 bridgehead atoms. The van der Waals surface area contributed by atoms with Crippen molar-refractivity contribution in [3.8, 4) is 5.75 Å². The third-order valence-electron chi connectivity index (χ3n) is 5.58. The fraction of sp³-hybridized carbons (Fsp3) is 0.480. The lowest BCUT2D eigenvalue weighted by Gasteiger charge is -2.29. The summed E-state index contributed by atoms with van der Waals surface area (Å²) in [7, 11) is 2.13. The van der Waals surface area contributed by atoms with Gasteiger partial charge in [0.25, 0.3) is 5.91 Å². The third-order valence-corrected chi connectivity index (χ3v) is 5.58. The topological polar surface area (TPSA) is 53.6 Å². The normalized spacial score (nSPS) is 15.3. The van der Waals surface area contributed by atoms with E-state index in [0.717, 1.165) is 42.8 Å². The second kappa shape index (κ2) is 11.3. The van der Waals surface area contributed by atoms with Crippen molar-refractivity contribution in [1.29, 1.82) is 0 Å². The highest BCUT2D eigenvalue weighted by molar-refractivity contribution is 5.95. The molecule has 1 heterocycles. The van der Waals surface area contributed by atoms with E-state index in [2.05, 4.69) is 36.4 Å². The molecule has 5 nitrogen and oxygen atoms in total. The first-order valence-corrected chi connectivity index (χ1v) is 11.1. The Morgan fingerprint density at radius 2 is 1.84 bits per heavy atom. The number of benzene rings is 2. The number of rotatable bonds is 9. The number of nitrogens with zero attached hydrogens (tertiary/aromatic N) is 1. The van der Waals surface area contributed by atoms with Crippen molar-refractivity contribution in [3.05, 3.63) is 65.0 Å². The number of ether oxygens (including phenoxy) is 1. The van der Waals surface area contributed by atoms with Gasteiger partial charge in [0.2, 0.25) is 0 Å². The molecule has 0 saturated carbocycles. The molecule has 0 aromatic heterocycles. The van der Waals surface area contributed by atoms with Crippen LogP contribution in [0.2, 0.25) is 0 Å². The summed E-state index contributed by atoms with van der Waals surface area (Å²) in [6.45, 7) is 7.94. The van der Waals surface area contributed by atoms with E-state index < -0.39 is 5.82 Å². The number of piperidine rings is 1. The van der Waals surface area contributed by atoms with Crippen LogP contribution in [-0.4, -0.2) is 43.6 Å². The van der Waals surface area contributed by atoms with Crippen molar-refractivity contribution in [1.82, 2.24) is 15.5 Å². The molecule has 1 aliphatic rings. The van der Waals surface area contributed by atoms with Gasteiger partial charge in [-0.2, -0.15) is 0 Å². The third kappa shape index (κ3) is 7.33. The molecule has 1 fully saturated rings. The SMILES string of the molecule is CC(C)COc1ccc(CNC(=O)c2cc(F)ccc2CNC2CCN(C)CC2)cc1. The Balaban J connectivity index is 1.56. The average Bonchev–Trinajstić information content (AvgIpc) is 2.77. The summed E-state index contributed by atoms with van der Waals surface area (Å²) < 4.78 is 19.6. The summed E-state index contributed by atoms with van der Waals surface area (Å²) in [4.78, 5) is 15.1. The van der Waals surface area contributed by atoms with Crippen molar-refractivity contribution < 1.29 is 13.9 Å². The van der Waals surface area contributed by atoms with Crippen LogP contribution in [0.1, 0.15) is 48.2 Å². The van der Waals surface area contributed by atoms with E-state index in [4.69, 9.17) is 4.74 Å². The molecule has 2 aromatic carbocycles. The van der Waals surface area contributed by atoms with E-state index in [1.807, 2.05) is 24.3 Å². The molecular formula is C25H34FN3O2. The smallest absolute Gasteiger partial charge is 0.251 e. The van der Waals surface area contributed by atoms with Crippen molar-refractivity contribution in [2.45, 2.75) is 45.8 Å². The van der Waals surface area contributed by atoms with Crippen LogP contribution >= 0.6 is 0 Å². The summed E-state index contributed by atoms with van der Waals surface area (Å²) >= 11 is 0. The zero-order valence-electron chi connectivity index (χ0n) is 18.8. The predicted octanol–water partition coefficient (Wildman–Crippen LogP) is 3.97. The number of carbonyl (C=O) groups is 1. The molecule has 0 atom stereocenters. The Labute approximate surface area is 185 Å². The van der Waals surface area contributed by atoms with Gasteiger partial charge < -0.3 is 20.3 Å². The summed E-state index contributed by atoms with van der Waals surface area (Å²) in [6.07, 6.45) is 2.16. The number of likely N-dealkylation sites (tertiary alicyclic amines) is 1. The molecule has 1 saturated heterocycles. The highest BCUT2D eigenvalue weighted by Crippen LogP contribution is 2.16. The average molecular weight is 428 g/mol. The zero-order valence-corrected chi connectivity index (χ0v) is 18.8. The number of hydrogen-bond acceptors (Lipinski definition) is 4. The largest absolute Gasteiger partial charge is 0.493 e. The number of carbonyl (C=O) groups excluding carboxylic acids is 1. The first-order chi connectivity index (χ1) is 14.9. The van der Waals surface area contributed by atoms with E-state index in [9.17, 15) is 9.18 Å². The van der Waals surface area contributed by atoms with E-state index >= 15 is 0 Å². The molecule has 6 heteroatoms. The zero-order chi connectivity index (χ0) is 22.2. The summed E-state index contributed by atoms with van der Waals surface area (Å²) in [5.41, 5.74) is 2.17. The molecule has 31 heavy (non-hydrogen) atoms. The monoisotopic (exact) mass is 427 g/mol. The second-order valence-corrected chi connectivity index (χ2v) is 8.79. The molecule has 1 aliphatic heterocycles. The van der Waals surface area contributed by atoms with E-state index in [-0.39, 0.29) is 5.91 Å². The minimum atomic E-state index is -0.403. The standard InChI is InChI=1S/C25H34FN3O2/c1-18(2)17-31-23-8-4-19(5-9-23)15-28-25(30)24-14-21(26)7-6-20(24)16-27-22-10-12-29(3)13-11-22/h4-9,14,18,22,27H,10-13,15-17H2,1-3H3,(H,28,30). The number of hydrogen-bond donors (Lipinski definition) is 2. The lowest BCUT2D eigenvalue weighted by atomic mass is 10.0. The second-order valence-electron chi connectivity index (χ2n) is 8.79. The number of nitrogens with one attached hydrogen (secondary N) is 2. The van der Waals surface area contributed by atoms with Gasteiger partial charge in [-0.3, -0.25) is 4.79 Å². The molecule has 0 unspecified atom stereocenters. The van der Waals surface area contributed by atoms with Gasteiger partial charge in [0.1, 0.15) is 11.6 Å². The van der Waals surface area contributed by atoms with Crippen molar-refractivity contribution in [2.24, 2.45) is 5.92 Å². The Morgan fingerprint density at radius 3 is 2.52 bits per heavy atom. The van der Waals surface area contributed by atoms with Gasteiger partial charge >= 0.3 is 0 Å². The van der Waals surface area contributed by atoms with Crippen LogP contribution in [0.25, 0.3) is 0 Å². The summed E-state index contributed by atoms with van der Waals surface area (Å²) in [5.74, 6) is 0.615. The highest BCUT2D eigenvalue weighted by atomic mass is 19.1. The molecule has 0 aliphatic carbocycles. The van der Waals surface area contributed by atoms with Crippen LogP contribution in [0.15, 0.2) is 42.5 Å². The van der Waals surface area contributed by atoms with E-state index in [1.165, 1.54) is 12.1 Å². The minimum absolute atomic E-state index is 0.264. The first-order valence-electron chi connectivity index (χ1n) is 11.1. The maximum absolute atomic E-state index is 13.9. The van der Waals surface area contributed by atoms with Gasteiger partial charge in [-0.15, -0.1) is 0 Å². The van der Waals surface area contributed by atoms with Gasteiger partial charge in [0.05, 0.1) is 6.61 Å². The van der Waals surface area contributed by atoms with Gasteiger partial charge in [-0.1, -0.05) is 32.0 Å². The maximum atomic E-state index is 13.9. The van der Waals surface area contributed by atoms with Crippen LogP contribution in [-0.2, 0) is 13.1 Å². The van der Waals surface area contributed by atoms with Crippen LogP contribution < -0.4 is 15.4 Å². The van der Waals surface area contributed by atoms with Crippen LogP contribution in [0.4, 0.5) is 4.39 Å². The maximum Gasteiger partial charge on any atom is 0.251 e. The Bertz CT molecular complexity index is 846. The minimum Gasteiger partial charge on any atom is -0.493 e. The molecule has 0 radical (unpaired) electrons. The number of amides is 1. The Hall–Kier alpha value is -2.44. The van der Waals surface area contributed by atoms with Crippen molar-refractivity contribution in [3.63, 3.8) is 0 Å². The molecule has 2 N–H and O–H groups in total. The van der Waals surface area contributed by atoms with E-state index in [1.54, 1.807) is 6.07 Å². The van der Waals surface area contributed by atoms with Gasteiger partial charge in [0, 0.05) is 24.7 Å². The predicted molar refractivity (Wildman–Crippen MR) is 122 cm³/mol. The van der Waals surface area contributed by atoms with Gasteiger partial charge in [0.15, 0.2) is 0 Å². The Kier molecular flexibility index (Phi) is 8.43. The van der Waals surface area contributed by atoms with Crippen molar-refractivity contribution in [2.75, 3.05) is 26.7 Å². The molecule has 168 valence electrons. The van der Waals surface area contributed by atoms with Crippen LogP contribution in [0.3, 0.4) is 0 Å². The highest BCUT2D eigenvalue weighted by Gasteiger charge is 2.18. The lowest BCUT2D eigenvalue weighted by Crippen LogP contribution is -2.40. The first kappa shape index (κ1) is 23.2. The molecule has 1 amide bonds. The lowest BCUT2D eigenvalue weighted by molar-refractivity contribution is 0.0949. The summed E-state index contributed by atoms with van der Waals surface area (Å²) in [6, 6.07) is 12.5. The fourth-order valence-corrected chi connectivity index (χ4v) is 3.63. The molecule has 0 spiro atoms. The Morgan fingerprint density at radius 1 is 1.13 bits per heavy atom. The number of halogens is 1. The van der Waals surface area contributed by atoms with Crippen LogP contribution in [0, 0.1) is 11.7 Å². The van der Waals surface area contributed by atoms with E-state index in [0.29, 0.717) is 37.2 Å². The molecular weight excluding hydrogens is 393 g/mol. The molecule has 2 aromatic rings. The van der Waals surface area contributed by atoms with Crippen molar-refractivity contribution >= 4 is 5.91 Å². The summed E-state index contributed by atoms with van der Waals surface area (Å²) in [5, 5.41) is 6.45. The van der Waals surface area contributed by atoms with Crippen LogP contribution in [0.5, 0.6) is 5.75 Å². The van der Waals surface area contributed by atoms with Gasteiger partial charge in [-0.05, 0) is 74.3 Å². The molecule has 3 rings (SSSR count). The van der Waals surface area contributed by atoms with Gasteiger partial charge in [-0.25, -0.2) is 4.39 Å².